The molecule has 11 nitrogen and oxygen atoms in total. The summed E-state index contributed by atoms with van der Waals surface area (Å²) in [5.41, 5.74) is 4.67. The van der Waals surface area contributed by atoms with E-state index in [-0.39, 0.29) is 19.3 Å². The highest BCUT2D eigenvalue weighted by atomic mass is 79.9. The maximum absolute atomic E-state index is 14.4. The zero-order chi connectivity index (χ0) is 39.4. The van der Waals surface area contributed by atoms with E-state index in [0.717, 1.165) is 26.7 Å². The predicted octanol–water partition coefficient (Wildman–Crippen LogP) is 5.32. The third-order valence-corrected chi connectivity index (χ3v) is 9.98. The monoisotopic (exact) mass is 816 g/mol. The van der Waals surface area contributed by atoms with Crippen molar-refractivity contribution in [1.29, 1.82) is 0 Å². The van der Waals surface area contributed by atoms with Crippen molar-refractivity contribution in [2.24, 2.45) is 0 Å². The van der Waals surface area contributed by atoms with E-state index in [1.807, 2.05) is 84.9 Å². The largest absolute Gasteiger partial charge is 0.484 e. The number of hydrogen-bond acceptors (Lipinski definition) is 6. The molecule has 0 radical (unpaired) electrons. The molecule has 1 unspecified atom stereocenters. The Kier molecular flexibility index (Phi) is 13.3. The molecule has 0 fully saturated rings. The lowest BCUT2D eigenvalue weighted by Gasteiger charge is -2.26. The van der Waals surface area contributed by atoms with Gasteiger partial charge < -0.3 is 31.1 Å². The number of carboxylic acid groups (broad SMARTS) is 1. The van der Waals surface area contributed by atoms with Crippen LogP contribution in [0.1, 0.15) is 34.7 Å². The van der Waals surface area contributed by atoms with Crippen LogP contribution in [0.5, 0.6) is 5.75 Å². The fourth-order valence-electron chi connectivity index (χ4n) is 6.40. The van der Waals surface area contributed by atoms with Gasteiger partial charge in [0.15, 0.2) is 6.61 Å². The summed E-state index contributed by atoms with van der Waals surface area (Å²) in [6, 6.07) is 35.2. The van der Waals surface area contributed by atoms with Crippen LogP contribution in [-0.4, -0.2) is 59.4 Å². The van der Waals surface area contributed by atoms with Crippen LogP contribution in [0, 0.1) is 0 Å². The summed E-state index contributed by atoms with van der Waals surface area (Å²) in [6.07, 6.45) is 0.529. The molecule has 0 aromatic heterocycles. The van der Waals surface area contributed by atoms with Gasteiger partial charge in [-0.1, -0.05) is 125 Å². The lowest BCUT2D eigenvalue weighted by Crippen LogP contribution is -2.57. The van der Waals surface area contributed by atoms with Crippen LogP contribution in [0.25, 0.3) is 11.1 Å². The molecule has 2 aliphatic rings. The first-order valence-electron chi connectivity index (χ1n) is 18.2. The first kappa shape index (κ1) is 39.4. The van der Waals surface area contributed by atoms with Crippen molar-refractivity contribution in [2.75, 3.05) is 6.61 Å². The molecule has 5 N–H and O–H groups in total. The van der Waals surface area contributed by atoms with Gasteiger partial charge in [0.25, 0.3) is 5.91 Å². The maximum Gasteiger partial charge on any atom is 0.326 e. The standard InChI is InChI=1S/C44H41BrN4O7/c45-34-20-18-33(19-21-34)40-43(53)47-37(25-29-11-16-32(17-12-29)31-9-5-2-6-10-31)42(52)46-36(24-15-28-7-3-1-4-8-28)41(51)48-38(44(54)55)26-30-13-22-35(23-14-30)56-27-39(50)49-40/h1-14,16-23,36-38,40H,15,24-27H2,(H,46,52)(H,47,53)(H,48,51)(H,49,50)(H,54,55)/t36-,37+,38+,40?/m1/s1. The van der Waals surface area contributed by atoms with E-state index < -0.39 is 60.4 Å². The quantitative estimate of drug-likeness (QED) is 0.132. The first-order valence-corrected chi connectivity index (χ1v) is 19.0. The molecule has 2 heterocycles. The smallest absolute Gasteiger partial charge is 0.326 e. The van der Waals surface area contributed by atoms with Gasteiger partial charge in [0.2, 0.25) is 17.7 Å². The molecular weight excluding hydrogens is 776 g/mol. The second-order valence-corrected chi connectivity index (χ2v) is 14.4. The number of fused-ring (bicyclic) bond motifs is 16. The number of amides is 4. The van der Waals surface area contributed by atoms with Crippen LogP contribution in [0.15, 0.2) is 138 Å². The zero-order valence-corrected chi connectivity index (χ0v) is 31.9. The van der Waals surface area contributed by atoms with E-state index in [1.54, 1.807) is 48.5 Å². The number of aryl methyl sites for hydroxylation is 1. The van der Waals surface area contributed by atoms with Crippen molar-refractivity contribution in [2.45, 2.75) is 49.9 Å². The molecule has 7 rings (SSSR count). The molecule has 0 spiro atoms. The molecule has 0 saturated heterocycles. The van der Waals surface area contributed by atoms with Crippen LogP contribution in [0.3, 0.4) is 0 Å². The molecule has 5 aromatic rings. The Balaban J connectivity index is 1.35. The average Bonchev–Trinajstić information content (AvgIpc) is 3.21. The summed E-state index contributed by atoms with van der Waals surface area (Å²) < 4.78 is 6.46. The minimum absolute atomic E-state index is 0.0372. The van der Waals surface area contributed by atoms with Crippen LogP contribution in [0.4, 0.5) is 0 Å². The van der Waals surface area contributed by atoms with E-state index in [4.69, 9.17) is 4.74 Å². The number of carbonyl (C=O) groups is 5. The third-order valence-electron chi connectivity index (χ3n) is 9.45. The average molecular weight is 818 g/mol. The Morgan fingerprint density at radius 1 is 0.643 bits per heavy atom. The van der Waals surface area contributed by atoms with Gasteiger partial charge in [-0.15, -0.1) is 0 Å². The maximum atomic E-state index is 14.4. The zero-order valence-electron chi connectivity index (χ0n) is 30.3. The van der Waals surface area contributed by atoms with E-state index in [2.05, 4.69) is 37.2 Å². The highest BCUT2D eigenvalue weighted by Gasteiger charge is 2.32. The van der Waals surface area contributed by atoms with Crippen LogP contribution in [0.2, 0.25) is 0 Å². The first-order chi connectivity index (χ1) is 27.1. The summed E-state index contributed by atoms with van der Waals surface area (Å²) in [6.45, 7) is -0.422. The summed E-state index contributed by atoms with van der Waals surface area (Å²) in [4.78, 5) is 68.2. The van der Waals surface area contributed by atoms with Gasteiger partial charge in [-0.05, 0) is 70.5 Å². The van der Waals surface area contributed by atoms with Gasteiger partial charge >= 0.3 is 5.97 Å². The van der Waals surface area contributed by atoms with E-state index >= 15 is 0 Å². The Morgan fingerprint density at radius 3 is 1.91 bits per heavy atom. The highest BCUT2D eigenvalue weighted by Crippen LogP contribution is 2.22. The van der Waals surface area contributed by atoms with Crippen molar-refractivity contribution in [3.8, 4) is 16.9 Å². The number of carboxylic acids is 1. The number of aliphatic carboxylic acids is 1. The normalized spacial score (nSPS) is 19.5. The van der Waals surface area contributed by atoms with Gasteiger partial charge in [0.05, 0.1) is 0 Å². The van der Waals surface area contributed by atoms with E-state index in [0.29, 0.717) is 23.3 Å². The summed E-state index contributed by atoms with van der Waals surface area (Å²) in [7, 11) is 0. The summed E-state index contributed by atoms with van der Waals surface area (Å²) in [5.74, 6) is -3.51. The second kappa shape index (κ2) is 18.9. The summed E-state index contributed by atoms with van der Waals surface area (Å²) in [5, 5.41) is 21.2. The van der Waals surface area contributed by atoms with Gasteiger partial charge in [-0.2, -0.15) is 0 Å². The SMILES string of the molecule is O=C1COc2ccc(cc2)C[C@@H](C(=O)O)NC(=O)[C@@H](CCc2ccccc2)NC(=O)[C@H](Cc2ccc(-c3ccccc3)cc2)NC(=O)C(c2ccc(Br)cc2)N1. The van der Waals surface area contributed by atoms with E-state index in [9.17, 15) is 29.1 Å². The topological polar surface area (TPSA) is 163 Å². The highest BCUT2D eigenvalue weighted by molar-refractivity contribution is 9.10. The van der Waals surface area contributed by atoms with Crippen molar-refractivity contribution < 1.29 is 33.8 Å². The molecule has 0 aliphatic carbocycles. The third kappa shape index (κ3) is 10.9. The number of halogens is 1. The van der Waals surface area contributed by atoms with Crippen molar-refractivity contribution in [1.82, 2.24) is 21.3 Å². The van der Waals surface area contributed by atoms with E-state index in [1.165, 1.54) is 0 Å². The minimum Gasteiger partial charge on any atom is -0.484 e. The van der Waals surface area contributed by atoms with Gasteiger partial charge in [-0.3, -0.25) is 19.2 Å². The molecule has 286 valence electrons. The number of ether oxygens (including phenoxy) is 1. The Labute approximate surface area is 333 Å². The van der Waals surface area contributed by atoms with Crippen LogP contribution in [-0.2, 0) is 43.2 Å². The molecular formula is C44H41BrN4O7. The number of nitrogens with one attached hydrogen (secondary N) is 4. The van der Waals surface area contributed by atoms with Crippen molar-refractivity contribution >= 4 is 45.5 Å². The second-order valence-electron chi connectivity index (χ2n) is 13.5. The number of benzene rings is 5. The minimum atomic E-state index is -1.32. The summed E-state index contributed by atoms with van der Waals surface area (Å²) >= 11 is 3.41. The lowest BCUT2D eigenvalue weighted by atomic mass is 9.98. The lowest BCUT2D eigenvalue weighted by molar-refractivity contribution is -0.142. The number of carbonyl (C=O) groups excluding carboxylic acids is 4. The molecule has 2 bridgehead atoms. The van der Waals surface area contributed by atoms with Crippen molar-refractivity contribution in [3.63, 3.8) is 0 Å². The molecule has 0 saturated carbocycles. The molecule has 56 heavy (non-hydrogen) atoms. The van der Waals surface area contributed by atoms with Crippen molar-refractivity contribution in [3.05, 3.63) is 160 Å². The predicted molar refractivity (Wildman–Crippen MR) is 214 cm³/mol. The Morgan fingerprint density at radius 2 is 1.25 bits per heavy atom. The molecule has 2 aliphatic heterocycles. The van der Waals surface area contributed by atoms with Crippen LogP contribution >= 0.6 is 15.9 Å². The molecule has 4 amide bonds. The molecule has 5 aromatic carbocycles. The Bertz CT molecular complexity index is 2130. The van der Waals surface area contributed by atoms with Gasteiger partial charge in [0.1, 0.15) is 29.9 Å². The fraction of sp³-hybridized carbons (Fsp3) is 0.205. The number of rotatable bonds is 8. The van der Waals surface area contributed by atoms with Crippen LogP contribution < -0.4 is 26.0 Å². The number of hydrogen-bond donors (Lipinski definition) is 5. The Hall–Kier alpha value is -6.27. The molecule has 12 heteroatoms. The van der Waals surface area contributed by atoms with Gasteiger partial charge in [0, 0.05) is 17.3 Å². The fourth-order valence-corrected chi connectivity index (χ4v) is 6.66. The van der Waals surface area contributed by atoms with Gasteiger partial charge in [-0.25, -0.2) is 4.79 Å². The molecule has 4 atom stereocenters.